The van der Waals surface area contributed by atoms with Gasteiger partial charge in [0.2, 0.25) is 0 Å². The lowest BCUT2D eigenvalue weighted by molar-refractivity contribution is 0.0941. The molecule has 7 heteroatoms. The fourth-order valence-corrected chi connectivity index (χ4v) is 2.48. The molecular formula is C17H20N4O3. The van der Waals surface area contributed by atoms with Crippen LogP contribution in [-0.2, 0) is 5.41 Å². The van der Waals surface area contributed by atoms with Gasteiger partial charge in [-0.05, 0) is 17.7 Å². The van der Waals surface area contributed by atoms with E-state index in [1.807, 2.05) is 32.0 Å². The van der Waals surface area contributed by atoms with E-state index in [0.29, 0.717) is 19.8 Å². The Hall–Kier alpha value is -2.83. The number of nitrogens with zero attached hydrogens (tertiary/aromatic N) is 2. The summed E-state index contributed by atoms with van der Waals surface area (Å²) in [4.78, 5) is 20.1. The standard InChI is InChI=1S/C17H20N4O3/c1-17(2,10-21-16(22)14-15(18)20-6-5-19-14)11-3-4-12-13(9-11)24-8-7-23-12/h3-6,9H,7-8,10H2,1-2H3,(H2,18,20)(H,21,22). The van der Waals surface area contributed by atoms with E-state index in [1.54, 1.807) is 0 Å². The average molecular weight is 328 g/mol. The van der Waals surface area contributed by atoms with E-state index in [-0.39, 0.29) is 22.8 Å². The van der Waals surface area contributed by atoms with Gasteiger partial charge in [0.05, 0.1) is 0 Å². The summed E-state index contributed by atoms with van der Waals surface area (Å²) in [6.45, 7) is 5.60. The molecule has 0 atom stereocenters. The molecule has 2 aromatic rings. The van der Waals surface area contributed by atoms with Gasteiger partial charge in [-0.3, -0.25) is 4.79 Å². The second-order valence-corrected chi connectivity index (χ2v) is 6.22. The van der Waals surface area contributed by atoms with Crippen molar-refractivity contribution in [3.05, 3.63) is 41.9 Å². The summed E-state index contributed by atoms with van der Waals surface area (Å²) in [5.41, 5.74) is 6.56. The van der Waals surface area contributed by atoms with Crippen molar-refractivity contribution in [3.63, 3.8) is 0 Å². The first-order chi connectivity index (χ1) is 11.5. The Morgan fingerprint density at radius 2 is 1.92 bits per heavy atom. The number of amides is 1. The van der Waals surface area contributed by atoms with E-state index in [1.165, 1.54) is 12.4 Å². The predicted molar refractivity (Wildman–Crippen MR) is 89.2 cm³/mol. The summed E-state index contributed by atoms with van der Waals surface area (Å²) in [5, 5.41) is 2.87. The van der Waals surface area contributed by atoms with Crippen LogP contribution in [0.15, 0.2) is 30.6 Å². The number of fused-ring (bicyclic) bond motifs is 1. The molecule has 0 fully saturated rings. The lowest BCUT2D eigenvalue weighted by Crippen LogP contribution is -2.37. The van der Waals surface area contributed by atoms with Crippen LogP contribution in [0.3, 0.4) is 0 Å². The maximum absolute atomic E-state index is 12.2. The third-order valence-electron chi connectivity index (χ3n) is 3.96. The number of anilines is 1. The van der Waals surface area contributed by atoms with Gasteiger partial charge in [-0.2, -0.15) is 0 Å². The van der Waals surface area contributed by atoms with Crippen molar-refractivity contribution in [2.45, 2.75) is 19.3 Å². The number of aromatic nitrogens is 2. The zero-order valence-electron chi connectivity index (χ0n) is 13.7. The quantitative estimate of drug-likeness (QED) is 0.883. The zero-order chi connectivity index (χ0) is 17.2. The largest absolute Gasteiger partial charge is 0.486 e. The van der Waals surface area contributed by atoms with Gasteiger partial charge < -0.3 is 20.5 Å². The van der Waals surface area contributed by atoms with E-state index >= 15 is 0 Å². The molecule has 2 heterocycles. The molecule has 1 aliphatic rings. The Bertz CT molecular complexity index is 761. The van der Waals surface area contributed by atoms with Crippen LogP contribution in [0.25, 0.3) is 0 Å². The Kier molecular flexibility index (Phi) is 4.24. The van der Waals surface area contributed by atoms with Crippen molar-refractivity contribution in [1.82, 2.24) is 15.3 Å². The number of rotatable bonds is 4. The van der Waals surface area contributed by atoms with Gasteiger partial charge >= 0.3 is 0 Å². The first-order valence-electron chi connectivity index (χ1n) is 7.72. The molecule has 0 unspecified atom stereocenters. The molecule has 0 aliphatic carbocycles. The minimum absolute atomic E-state index is 0.118. The molecule has 7 nitrogen and oxygen atoms in total. The highest BCUT2D eigenvalue weighted by Gasteiger charge is 2.25. The maximum atomic E-state index is 12.2. The molecule has 3 rings (SSSR count). The SMILES string of the molecule is CC(C)(CNC(=O)c1nccnc1N)c1ccc2c(c1)OCCO2. The van der Waals surface area contributed by atoms with Gasteiger partial charge in [-0.15, -0.1) is 0 Å². The fraction of sp³-hybridized carbons (Fsp3) is 0.353. The molecule has 1 amide bonds. The molecule has 0 bridgehead atoms. The van der Waals surface area contributed by atoms with Gasteiger partial charge in [-0.25, -0.2) is 9.97 Å². The number of carbonyl (C=O) groups excluding carboxylic acids is 1. The van der Waals surface area contributed by atoms with E-state index in [2.05, 4.69) is 15.3 Å². The number of nitrogens with one attached hydrogen (secondary N) is 1. The number of nitrogens with two attached hydrogens (primary N) is 1. The van der Waals surface area contributed by atoms with Crippen LogP contribution in [0.1, 0.15) is 29.9 Å². The van der Waals surface area contributed by atoms with E-state index < -0.39 is 0 Å². The number of hydrogen-bond acceptors (Lipinski definition) is 6. The molecule has 3 N–H and O–H groups in total. The van der Waals surface area contributed by atoms with Crippen LogP contribution in [0.5, 0.6) is 11.5 Å². The van der Waals surface area contributed by atoms with Crippen molar-refractivity contribution in [1.29, 1.82) is 0 Å². The van der Waals surface area contributed by atoms with Gasteiger partial charge in [0.15, 0.2) is 23.0 Å². The van der Waals surface area contributed by atoms with Crippen LogP contribution in [0.4, 0.5) is 5.82 Å². The minimum atomic E-state index is -0.341. The second kappa shape index (κ2) is 6.35. The summed E-state index contributed by atoms with van der Waals surface area (Å²) in [6.07, 6.45) is 2.89. The predicted octanol–water partition coefficient (Wildman–Crippen LogP) is 1.54. The van der Waals surface area contributed by atoms with Crippen LogP contribution < -0.4 is 20.5 Å². The van der Waals surface area contributed by atoms with E-state index in [4.69, 9.17) is 15.2 Å². The lowest BCUT2D eigenvalue weighted by Gasteiger charge is -2.27. The van der Waals surface area contributed by atoms with E-state index in [9.17, 15) is 4.79 Å². The molecule has 24 heavy (non-hydrogen) atoms. The molecule has 0 saturated heterocycles. The highest BCUT2D eigenvalue weighted by Crippen LogP contribution is 2.34. The topological polar surface area (TPSA) is 99.4 Å². The molecular weight excluding hydrogens is 308 g/mol. The number of benzene rings is 1. The summed E-state index contributed by atoms with van der Waals surface area (Å²) in [7, 11) is 0. The third-order valence-corrected chi connectivity index (χ3v) is 3.96. The fourth-order valence-electron chi connectivity index (χ4n) is 2.48. The molecule has 1 aromatic heterocycles. The van der Waals surface area contributed by atoms with Crippen LogP contribution in [-0.4, -0.2) is 35.6 Å². The first-order valence-corrected chi connectivity index (χ1v) is 7.72. The van der Waals surface area contributed by atoms with Crippen LogP contribution in [0, 0.1) is 0 Å². The minimum Gasteiger partial charge on any atom is -0.486 e. The summed E-state index contributed by atoms with van der Waals surface area (Å²) in [6, 6.07) is 5.84. The average Bonchev–Trinajstić information content (AvgIpc) is 2.60. The van der Waals surface area contributed by atoms with Crippen molar-refractivity contribution < 1.29 is 14.3 Å². The number of carbonyl (C=O) groups is 1. The van der Waals surface area contributed by atoms with Gasteiger partial charge in [0.1, 0.15) is 13.2 Å². The van der Waals surface area contributed by atoms with Crippen molar-refractivity contribution >= 4 is 11.7 Å². The lowest BCUT2D eigenvalue weighted by atomic mass is 9.84. The summed E-state index contributed by atoms with van der Waals surface area (Å²) < 4.78 is 11.2. The van der Waals surface area contributed by atoms with E-state index in [0.717, 1.165) is 17.1 Å². The van der Waals surface area contributed by atoms with Crippen LogP contribution in [0.2, 0.25) is 0 Å². The first kappa shape index (κ1) is 16.0. The smallest absolute Gasteiger partial charge is 0.273 e. The van der Waals surface area contributed by atoms with Gasteiger partial charge in [0, 0.05) is 24.4 Å². The van der Waals surface area contributed by atoms with Crippen LogP contribution >= 0.6 is 0 Å². The molecule has 0 spiro atoms. The maximum Gasteiger partial charge on any atom is 0.273 e. The number of nitrogen functional groups attached to an aromatic ring is 1. The second-order valence-electron chi connectivity index (χ2n) is 6.22. The molecule has 126 valence electrons. The third kappa shape index (κ3) is 3.24. The molecule has 0 radical (unpaired) electrons. The Balaban J connectivity index is 1.72. The highest BCUT2D eigenvalue weighted by atomic mass is 16.6. The molecule has 0 saturated carbocycles. The zero-order valence-corrected chi connectivity index (χ0v) is 13.7. The summed E-state index contributed by atoms with van der Waals surface area (Å²) >= 11 is 0. The van der Waals surface area contributed by atoms with Gasteiger partial charge in [-0.1, -0.05) is 19.9 Å². The Morgan fingerprint density at radius 1 is 1.21 bits per heavy atom. The molecule has 1 aliphatic heterocycles. The number of ether oxygens (including phenoxy) is 2. The van der Waals surface area contributed by atoms with Crippen molar-refractivity contribution in [3.8, 4) is 11.5 Å². The highest BCUT2D eigenvalue weighted by molar-refractivity contribution is 5.96. The number of hydrogen-bond donors (Lipinski definition) is 2. The Labute approximate surface area is 140 Å². The monoisotopic (exact) mass is 328 g/mol. The Morgan fingerprint density at radius 3 is 2.67 bits per heavy atom. The van der Waals surface area contributed by atoms with Crippen molar-refractivity contribution in [2.24, 2.45) is 0 Å². The van der Waals surface area contributed by atoms with Crippen molar-refractivity contribution in [2.75, 3.05) is 25.5 Å². The normalized spacial score (nSPS) is 13.4. The summed E-state index contributed by atoms with van der Waals surface area (Å²) in [5.74, 6) is 1.26. The molecule has 1 aromatic carbocycles. The van der Waals surface area contributed by atoms with Gasteiger partial charge in [0.25, 0.3) is 5.91 Å².